The average Bonchev–Trinajstić information content (AvgIpc) is 2.97. The molecule has 0 aliphatic carbocycles. The topological polar surface area (TPSA) is 65.0 Å². The van der Waals surface area contributed by atoms with Crippen LogP contribution >= 0.6 is 11.6 Å². The summed E-state index contributed by atoms with van der Waals surface area (Å²) in [6.45, 7) is 2.36. The van der Waals surface area contributed by atoms with Gasteiger partial charge in [-0.1, -0.05) is 30.1 Å². The number of carbonyl (C=O) groups is 2. The molecule has 1 heterocycles. The summed E-state index contributed by atoms with van der Waals surface area (Å²) in [6, 6.07) is 6.48. The number of esters is 1. The molecule has 2 rings (SSSR count). The van der Waals surface area contributed by atoms with E-state index < -0.39 is 12.1 Å². The predicted octanol–water partition coefficient (Wildman–Crippen LogP) is 3.01. The van der Waals surface area contributed by atoms with Crippen LogP contribution in [-0.4, -0.2) is 30.2 Å². The summed E-state index contributed by atoms with van der Waals surface area (Å²) in [5.41, 5.74) is 0.677. The average molecular weight is 310 g/mol. The minimum absolute atomic E-state index is 0.131. The smallest absolute Gasteiger partial charge is 0.350 e. The lowest BCUT2D eigenvalue weighted by molar-refractivity contribution is -0.155. The molecule has 0 aromatic heterocycles. The van der Waals surface area contributed by atoms with Crippen molar-refractivity contribution in [3.8, 4) is 0 Å². The van der Waals surface area contributed by atoms with E-state index in [9.17, 15) is 9.59 Å². The third-order valence-electron chi connectivity index (χ3n) is 3.04. The van der Waals surface area contributed by atoms with E-state index in [1.54, 1.807) is 24.3 Å². The zero-order valence-corrected chi connectivity index (χ0v) is 12.4. The molecular weight excluding hydrogens is 294 g/mol. The highest BCUT2D eigenvalue weighted by Crippen LogP contribution is 2.17. The third-order valence-corrected chi connectivity index (χ3v) is 3.29. The number of ether oxygens (including phenoxy) is 1. The van der Waals surface area contributed by atoms with Crippen LogP contribution in [-0.2, 0) is 14.4 Å². The van der Waals surface area contributed by atoms with Crippen molar-refractivity contribution in [1.29, 1.82) is 0 Å². The van der Waals surface area contributed by atoms with Crippen LogP contribution in [0.5, 0.6) is 0 Å². The maximum absolute atomic E-state index is 12.2. The maximum atomic E-state index is 12.2. The van der Waals surface area contributed by atoms with Crippen molar-refractivity contribution in [3.63, 3.8) is 0 Å². The molecule has 1 unspecified atom stereocenters. The van der Waals surface area contributed by atoms with Gasteiger partial charge in [-0.3, -0.25) is 4.79 Å². The van der Waals surface area contributed by atoms with Gasteiger partial charge >= 0.3 is 5.97 Å². The fraction of sp³-hybridized carbons (Fsp3) is 0.400. The Morgan fingerprint density at radius 3 is 2.76 bits per heavy atom. The van der Waals surface area contributed by atoms with Crippen LogP contribution in [0.3, 0.4) is 0 Å². The van der Waals surface area contributed by atoms with Crippen LogP contribution in [0.15, 0.2) is 29.4 Å². The summed E-state index contributed by atoms with van der Waals surface area (Å²) >= 11 is 5.77. The number of Topliss-reactive ketones (excluding diaryl/α,β-unsaturated/α-hetero) is 1. The van der Waals surface area contributed by atoms with Gasteiger partial charge in [-0.15, -0.1) is 0 Å². The van der Waals surface area contributed by atoms with Crippen molar-refractivity contribution in [3.05, 3.63) is 34.9 Å². The number of hydrogen-bond donors (Lipinski definition) is 0. The van der Waals surface area contributed by atoms with Crippen LogP contribution in [0.25, 0.3) is 0 Å². The molecule has 0 radical (unpaired) electrons. The van der Waals surface area contributed by atoms with Crippen molar-refractivity contribution in [2.45, 2.75) is 32.3 Å². The van der Waals surface area contributed by atoms with E-state index in [1.165, 1.54) is 0 Å². The van der Waals surface area contributed by atoms with E-state index in [0.29, 0.717) is 17.2 Å². The fourth-order valence-electron chi connectivity index (χ4n) is 1.82. The Morgan fingerprint density at radius 1 is 1.38 bits per heavy atom. The zero-order valence-electron chi connectivity index (χ0n) is 11.7. The van der Waals surface area contributed by atoms with Crippen LogP contribution in [0.1, 0.15) is 36.5 Å². The summed E-state index contributed by atoms with van der Waals surface area (Å²) < 4.78 is 5.05. The highest BCUT2D eigenvalue weighted by molar-refractivity contribution is 6.46. The second-order valence-electron chi connectivity index (χ2n) is 4.69. The van der Waals surface area contributed by atoms with Gasteiger partial charge in [0.2, 0.25) is 11.9 Å². The van der Waals surface area contributed by atoms with E-state index in [4.69, 9.17) is 21.2 Å². The third kappa shape index (κ3) is 4.04. The number of nitrogens with zero attached hydrogens (tertiary/aromatic N) is 1. The lowest BCUT2D eigenvalue weighted by Gasteiger charge is -2.07. The number of hydrogen-bond acceptors (Lipinski definition) is 5. The van der Waals surface area contributed by atoms with Gasteiger partial charge in [-0.05, 0) is 30.7 Å². The summed E-state index contributed by atoms with van der Waals surface area (Å²) in [5.74, 6) is -0.748. The molecule has 21 heavy (non-hydrogen) atoms. The lowest BCUT2D eigenvalue weighted by atomic mass is 10.0. The first-order valence-corrected chi connectivity index (χ1v) is 7.19. The van der Waals surface area contributed by atoms with Crippen LogP contribution in [0.2, 0.25) is 5.02 Å². The zero-order chi connectivity index (χ0) is 15.2. The highest BCUT2D eigenvalue weighted by atomic mass is 35.5. The minimum atomic E-state index is -0.826. The van der Waals surface area contributed by atoms with E-state index in [0.717, 1.165) is 12.8 Å². The number of rotatable bonds is 6. The number of oxime groups is 1. The Kier molecular flexibility index (Phi) is 5.33. The van der Waals surface area contributed by atoms with E-state index in [-0.39, 0.29) is 17.9 Å². The summed E-state index contributed by atoms with van der Waals surface area (Å²) in [7, 11) is 0. The number of unbranched alkanes of at least 4 members (excludes halogenated alkanes) is 1. The molecule has 0 saturated carbocycles. The number of benzene rings is 1. The van der Waals surface area contributed by atoms with E-state index >= 15 is 0 Å². The molecule has 0 spiro atoms. The SMILES string of the molecule is CCCCOC(=O)C1CC(C(=O)c2ccc(Cl)cc2)=NO1. The second-order valence-corrected chi connectivity index (χ2v) is 5.13. The van der Waals surface area contributed by atoms with Crippen LogP contribution in [0.4, 0.5) is 0 Å². The molecule has 0 fully saturated rings. The van der Waals surface area contributed by atoms with Crippen molar-refractivity contribution >= 4 is 29.1 Å². The molecule has 1 aliphatic heterocycles. The Balaban J connectivity index is 1.91. The molecule has 1 aromatic rings. The Labute approximate surface area is 127 Å². The van der Waals surface area contributed by atoms with Gasteiger partial charge in [-0.25, -0.2) is 4.79 Å². The van der Waals surface area contributed by atoms with Gasteiger partial charge in [0.25, 0.3) is 0 Å². The van der Waals surface area contributed by atoms with Gasteiger partial charge in [0, 0.05) is 17.0 Å². The van der Waals surface area contributed by atoms with Crippen LogP contribution < -0.4 is 0 Å². The van der Waals surface area contributed by atoms with Gasteiger partial charge in [0.1, 0.15) is 5.71 Å². The number of carbonyl (C=O) groups excluding carboxylic acids is 2. The van der Waals surface area contributed by atoms with Gasteiger partial charge < -0.3 is 9.57 Å². The van der Waals surface area contributed by atoms with Gasteiger partial charge in [0.05, 0.1) is 6.61 Å². The molecule has 112 valence electrons. The monoisotopic (exact) mass is 309 g/mol. The first kappa shape index (κ1) is 15.5. The standard InChI is InChI=1S/C15H16ClNO4/c1-2-3-8-20-15(19)13-9-12(17-21-13)14(18)10-4-6-11(16)7-5-10/h4-7,13H,2-3,8-9H2,1H3. The molecule has 1 aliphatic rings. The normalized spacial score (nSPS) is 17.0. The second kappa shape index (κ2) is 7.22. The van der Waals surface area contributed by atoms with Crippen molar-refractivity contribution in [2.24, 2.45) is 5.16 Å². The van der Waals surface area contributed by atoms with Gasteiger partial charge in [-0.2, -0.15) is 0 Å². The predicted molar refractivity (Wildman–Crippen MR) is 78.6 cm³/mol. The lowest BCUT2D eigenvalue weighted by Crippen LogP contribution is -2.25. The Morgan fingerprint density at radius 2 is 2.10 bits per heavy atom. The number of halogens is 1. The molecule has 6 heteroatoms. The van der Waals surface area contributed by atoms with Crippen molar-refractivity contribution in [1.82, 2.24) is 0 Å². The fourth-order valence-corrected chi connectivity index (χ4v) is 1.94. The molecule has 1 atom stereocenters. The summed E-state index contributed by atoms with van der Waals surface area (Å²) in [5, 5.41) is 4.25. The molecule has 0 bridgehead atoms. The summed E-state index contributed by atoms with van der Waals surface area (Å²) in [4.78, 5) is 28.9. The molecule has 1 aromatic carbocycles. The molecule has 0 amide bonds. The summed E-state index contributed by atoms with van der Waals surface area (Å²) in [6.07, 6.45) is 1.05. The van der Waals surface area contributed by atoms with Crippen molar-refractivity contribution < 1.29 is 19.2 Å². The molecule has 5 nitrogen and oxygen atoms in total. The molecule has 0 saturated heterocycles. The van der Waals surface area contributed by atoms with E-state index in [1.807, 2.05) is 6.92 Å². The van der Waals surface area contributed by atoms with Crippen LogP contribution in [0, 0.1) is 0 Å². The first-order chi connectivity index (χ1) is 10.1. The van der Waals surface area contributed by atoms with Gasteiger partial charge in [0.15, 0.2) is 0 Å². The minimum Gasteiger partial charge on any atom is -0.463 e. The molecular formula is C15H16ClNO4. The quantitative estimate of drug-likeness (QED) is 0.460. The Bertz CT molecular complexity index is 553. The first-order valence-electron chi connectivity index (χ1n) is 6.81. The van der Waals surface area contributed by atoms with E-state index in [2.05, 4.69) is 5.16 Å². The Hall–Kier alpha value is -1.88. The maximum Gasteiger partial charge on any atom is 0.350 e. The number of ketones is 1. The highest BCUT2D eigenvalue weighted by Gasteiger charge is 2.33. The largest absolute Gasteiger partial charge is 0.463 e. The molecule has 0 N–H and O–H groups in total. The van der Waals surface area contributed by atoms with Crippen molar-refractivity contribution in [2.75, 3.05) is 6.61 Å².